The molecule has 0 spiro atoms. The van der Waals surface area contributed by atoms with E-state index in [0.29, 0.717) is 20.3 Å². The Balaban J connectivity index is 2.66. The first kappa shape index (κ1) is 15.3. The van der Waals surface area contributed by atoms with Crippen LogP contribution in [-0.2, 0) is 4.79 Å². The van der Waals surface area contributed by atoms with Gasteiger partial charge in [-0.15, -0.1) is 11.3 Å². The molecule has 3 amide bonds. The number of ether oxygens (including phenoxy) is 1. The lowest BCUT2D eigenvalue weighted by Gasteiger charge is -2.04. The number of urea groups is 1. The number of thiophene rings is 1. The van der Waals surface area contributed by atoms with E-state index < -0.39 is 17.9 Å². The van der Waals surface area contributed by atoms with Gasteiger partial charge in [0.2, 0.25) is 0 Å². The second kappa shape index (κ2) is 5.70. The Morgan fingerprint density at radius 2 is 1.95 bits per heavy atom. The van der Waals surface area contributed by atoms with Gasteiger partial charge >= 0.3 is 12.0 Å². The van der Waals surface area contributed by atoms with Crippen LogP contribution in [-0.4, -0.2) is 17.9 Å². The Bertz CT molecular complexity index is 771. The van der Waals surface area contributed by atoms with E-state index in [1.54, 1.807) is 12.1 Å². The summed E-state index contributed by atoms with van der Waals surface area (Å²) < 4.78 is 6.14. The molecule has 7 nitrogen and oxygen atoms in total. The number of rotatable bonds is 3. The van der Waals surface area contributed by atoms with Crippen molar-refractivity contribution in [1.29, 1.82) is 0 Å². The van der Waals surface area contributed by atoms with Crippen LogP contribution in [0.15, 0.2) is 16.6 Å². The molecule has 0 aliphatic heterocycles. The molecule has 0 unspecified atom stereocenters. The number of carbonyl (C=O) groups excluding carboxylic acids is 3. The van der Waals surface area contributed by atoms with Gasteiger partial charge in [-0.05, 0) is 22.0 Å². The average Bonchev–Trinajstić information content (AvgIpc) is 2.64. The number of carbonyl (C=O) groups is 3. The third kappa shape index (κ3) is 3.14. The quantitative estimate of drug-likeness (QED) is 0.564. The predicted molar refractivity (Wildman–Crippen MR) is 82.6 cm³/mol. The summed E-state index contributed by atoms with van der Waals surface area (Å²) in [5.41, 5.74) is 10.6. The van der Waals surface area contributed by atoms with Gasteiger partial charge in [0.15, 0.2) is 0 Å². The van der Waals surface area contributed by atoms with E-state index in [9.17, 15) is 14.4 Å². The molecule has 21 heavy (non-hydrogen) atoms. The number of halogens is 1. The topological polar surface area (TPSA) is 125 Å². The van der Waals surface area contributed by atoms with E-state index in [1.807, 2.05) is 0 Å². The van der Waals surface area contributed by atoms with Gasteiger partial charge in [-0.3, -0.25) is 14.9 Å². The number of benzene rings is 1. The lowest BCUT2D eigenvalue weighted by Crippen LogP contribution is -2.21. The van der Waals surface area contributed by atoms with Crippen LogP contribution in [0.5, 0.6) is 5.75 Å². The zero-order valence-electron chi connectivity index (χ0n) is 10.7. The largest absolute Gasteiger partial charge is 0.425 e. The van der Waals surface area contributed by atoms with E-state index >= 15 is 0 Å². The van der Waals surface area contributed by atoms with E-state index in [4.69, 9.17) is 16.2 Å². The van der Waals surface area contributed by atoms with Crippen molar-refractivity contribution in [3.8, 4) is 5.75 Å². The van der Waals surface area contributed by atoms with Gasteiger partial charge in [-0.1, -0.05) is 0 Å². The highest BCUT2D eigenvalue weighted by molar-refractivity contribution is 9.10. The molecule has 9 heteroatoms. The van der Waals surface area contributed by atoms with Crippen LogP contribution in [0.1, 0.15) is 17.3 Å². The van der Waals surface area contributed by atoms with E-state index in [0.717, 1.165) is 11.3 Å². The Labute approximate surface area is 131 Å². The van der Waals surface area contributed by atoms with Crippen molar-refractivity contribution < 1.29 is 19.1 Å². The highest BCUT2D eigenvalue weighted by Gasteiger charge is 2.20. The highest BCUT2D eigenvalue weighted by atomic mass is 79.9. The summed E-state index contributed by atoms with van der Waals surface area (Å²) in [5.74, 6) is -0.868. The number of primary amides is 2. The summed E-state index contributed by atoms with van der Waals surface area (Å²) in [6.07, 6.45) is 0. The lowest BCUT2D eigenvalue weighted by atomic mass is 10.1. The Hall–Kier alpha value is -2.13. The molecule has 0 aliphatic rings. The minimum Gasteiger partial charge on any atom is -0.425 e. The SMILES string of the molecule is CC(=O)Oc1cc2sc(NC(N)=O)c(C(N)=O)c2cc1Br. The van der Waals surface area contributed by atoms with Gasteiger partial charge in [0.1, 0.15) is 10.8 Å². The first-order chi connectivity index (χ1) is 9.79. The molecule has 0 fully saturated rings. The van der Waals surface area contributed by atoms with Crippen molar-refractivity contribution in [3.05, 3.63) is 22.2 Å². The molecule has 0 aliphatic carbocycles. The summed E-state index contributed by atoms with van der Waals surface area (Å²) in [4.78, 5) is 33.6. The van der Waals surface area contributed by atoms with Gasteiger partial charge in [-0.25, -0.2) is 4.79 Å². The molecule has 0 atom stereocenters. The molecule has 0 saturated heterocycles. The minimum absolute atomic E-state index is 0.156. The second-order valence-electron chi connectivity index (χ2n) is 4.03. The standard InChI is InChI=1S/C12H10BrN3O4S/c1-4(17)20-7-3-8-5(2-6(7)13)9(10(14)18)11(21-8)16-12(15)19/h2-3H,1H3,(H2,14,18)(H3,15,16,19). The lowest BCUT2D eigenvalue weighted by molar-refractivity contribution is -0.131. The van der Waals surface area contributed by atoms with Gasteiger partial charge in [-0.2, -0.15) is 0 Å². The molecule has 1 aromatic carbocycles. The van der Waals surface area contributed by atoms with Crippen LogP contribution >= 0.6 is 27.3 Å². The molecule has 0 radical (unpaired) electrons. The van der Waals surface area contributed by atoms with E-state index in [2.05, 4.69) is 21.2 Å². The van der Waals surface area contributed by atoms with Crippen molar-refractivity contribution in [2.75, 3.05) is 5.32 Å². The van der Waals surface area contributed by atoms with Gasteiger partial charge in [0.05, 0.1) is 10.0 Å². The van der Waals surface area contributed by atoms with Crippen LogP contribution < -0.4 is 21.5 Å². The third-order valence-corrected chi connectivity index (χ3v) is 4.17. The highest BCUT2D eigenvalue weighted by Crippen LogP contribution is 2.40. The number of anilines is 1. The monoisotopic (exact) mass is 371 g/mol. The maximum Gasteiger partial charge on any atom is 0.317 e. The molecule has 1 heterocycles. The molecule has 1 aromatic heterocycles. The molecule has 0 saturated carbocycles. The maximum absolute atomic E-state index is 11.6. The van der Waals surface area contributed by atoms with Crippen LogP contribution in [0.25, 0.3) is 10.1 Å². The van der Waals surface area contributed by atoms with Crippen LogP contribution in [0.3, 0.4) is 0 Å². The zero-order chi connectivity index (χ0) is 15.7. The molecule has 2 rings (SSSR count). The van der Waals surface area contributed by atoms with Crippen LogP contribution in [0, 0.1) is 0 Å². The fourth-order valence-electron chi connectivity index (χ4n) is 1.78. The molecular formula is C12H10BrN3O4S. The summed E-state index contributed by atoms with van der Waals surface area (Å²) in [7, 11) is 0. The van der Waals surface area contributed by atoms with Gasteiger partial charge in [0.25, 0.3) is 5.91 Å². The number of esters is 1. The minimum atomic E-state index is -0.802. The molecule has 5 N–H and O–H groups in total. The normalized spacial score (nSPS) is 10.4. The average molecular weight is 372 g/mol. The van der Waals surface area contributed by atoms with Crippen LogP contribution in [0.2, 0.25) is 0 Å². The number of hydrogen-bond acceptors (Lipinski definition) is 5. The van der Waals surface area contributed by atoms with Crippen molar-refractivity contribution >= 4 is 60.3 Å². The van der Waals surface area contributed by atoms with Crippen molar-refractivity contribution in [2.24, 2.45) is 11.5 Å². The summed E-state index contributed by atoms with van der Waals surface area (Å²) in [6, 6.07) is 2.36. The van der Waals surface area contributed by atoms with Gasteiger partial charge < -0.3 is 16.2 Å². The summed E-state index contributed by atoms with van der Waals surface area (Å²) >= 11 is 4.36. The smallest absolute Gasteiger partial charge is 0.317 e. The first-order valence-electron chi connectivity index (χ1n) is 5.60. The number of amides is 3. The first-order valence-corrected chi connectivity index (χ1v) is 7.21. The fourth-order valence-corrected chi connectivity index (χ4v) is 3.32. The zero-order valence-corrected chi connectivity index (χ0v) is 13.1. The van der Waals surface area contributed by atoms with Crippen LogP contribution in [0.4, 0.5) is 9.80 Å². The molecule has 2 aromatic rings. The maximum atomic E-state index is 11.6. The van der Waals surface area contributed by atoms with Gasteiger partial charge in [0, 0.05) is 23.1 Å². The van der Waals surface area contributed by atoms with E-state index in [1.165, 1.54) is 6.92 Å². The second-order valence-corrected chi connectivity index (χ2v) is 5.94. The van der Waals surface area contributed by atoms with Crippen molar-refractivity contribution in [1.82, 2.24) is 0 Å². The Morgan fingerprint density at radius 3 is 2.48 bits per heavy atom. The number of nitrogens with two attached hydrogens (primary N) is 2. The summed E-state index contributed by atoms with van der Waals surface area (Å²) in [5, 5.41) is 3.13. The fraction of sp³-hybridized carbons (Fsp3) is 0.0833. The van der Waals surface area contributed by atoms with E-state index in [-0.39, 0.29) is 10.6 Å². The third-order valence-electron chi connectivity index (χ3n) is 2.48. The van der Waals surface area contributed by atoms with Crippen molar-refractivity contribution in [2.45, 2.75) is 6.92 Å². The summed E-state index contributed by atoms with van der Waals surface area (Å²) in [6.45, 7) is 1.28. The van der Waals surface area contributed by atoms with Crippen molar-refractivity contribution in [3.63, 3.8) is 0 Å². The Morgan fingerprint density at radius 1 is 1.29 bits per heavy atom. The molecular weight excluding hydrogens is 362 g/mol. The molecule has 0 bridgehead atoms. The number of hydrogen-bond donors (Lipinski definition) is 3. The Kier molecular flexibility index (Phi) is 4.14. The molecule has 110 valence electrons. The predicted octanol–water partition coefficient (Wildman–Crippen LogP) is 2.18. The number of nitrogens with one attached hydrogen (secondary N) is 1. The number of fused-ring (bicyclic) bond motifs is 1.